The minimum absolute atomic E-state index is 0.00380. The molecule has 0 aliphatic carbocycles. The Kier molecular flexibility index (Phi) is 5.86. The molecular formula is C25H24ClFN4O4. The molecule has 2 aromatic carbocycles. The van der Waals surface area contributed by atoms with Gasteiger partial charge in [0, 0.05) is 36.7 Å². The second-order valence-electron chi connectivity index (χ2n) is 9.22. The molecule has 3 aromatic rings. The van der Waals surface area contributed by atoms with Crippen LogP contribution >= 0.6 is 11.6 Å². The van der Waals surface area contributed by atoms with Crippen molar-refractivity contribution in [2.24, 2.45) is 11.7 Å². The fourth-order valence-electron chi connectivity index (χ4n) is 5.30. The average molecular weight is 499 g/mol. The van der Waals surface area contributed by atoms with Crippen molar-refractivity contribution in [3.63, 3.8) is 0 Å². The third-order valence-electron chi connectivity index (χ3n) is 7.13. The number of aliphatic hydroxyl groups excluding tert-OH is 1. The number of piperidine rings is 1. The Balaban J connectivity index is 1.37. The van der Waals surface area contributed by atoms with Gasteiger partial charge in [-0.05, 0) is 24.1 Å². The van der Waals surface area contributed by atoms with Crippen molar-refractivity contribution in [2.45, 2.75) is 31.0 Å². The maximum Gasteiger partial charge on any atom is 0.323 e. The number of ketones is 1. The van der Waals surface area contributed by atoms with E-state index in [9.17, 15) is 23.9 Å². The van der Waals surface area contributed by atoms with Gasteiger partial charge in [-0.15, -0.1) is 0 Å². The lowest BCUT2D eigenvalue weighted by Crippen LogP contribution is -2.43. The molecular weight excluding hydrogens is 475 g/mol. The van der Waals surface area contributed by atoms with Crippen molar-refractivity contribution in [1.82, 2.24) is 14.8 Å². The molecule has 0 saturated carbocycles. The van der Waals surface area contributed by atoms with E-state index < -0.39 is 29.3 Å². The Morgan fingerprint density at radius 1 is 1.17 bits per heavy atom. The summed E-state index contributed by atoms with van der Waals surface area (Å²) >= 11 is 5.83. The monoisotopic (exact) mass is 498 g/mol. The highest BCUT2D eigenvalue weighted by atomic mass is 35.5. The summed E-state index contributed by atoms with van der Waals surface area (Å²) < 4.78 is 15.5. The molecule has 8 nitrogen and oxygen atoms in total. The third-order valence-corrected chi connectivity index (χ3v) is 7.42. The average Bonchev–Trinajstić information content (AvgIpc) is 3.27. The number of hydrogen-bond donors (Lipinski definition) is 3. The molecule has 10 heteroatoms. The molecule has 4 atom stereocenters. The van der Waals surface area contributed by atoms with Crippen molar-refractivity contribution >= 4 is 40.2 Å². The summed E-state index contributed by atoms with van der Waals surface area (Å²) in [6.45, 7) is 0.293. The number of rotatable bonds is 7. The SMILES string of the molecule is NC(=O)n1cc(CC(=O)C2[C@@H](C(=O)NCc3cccc(Cl)c3F)C[C@@]3(CO)C[N@]23)c2ccccc21. The Labute approximate surface area is 205 Å². The predicted molar refractivity (Wildman–Crippen MR) is 127 cm³/mol. The standard InChI is InChI=1S/C25H24ClFN4O4/c26-18-6-3-4-14(21(18)27)10-29-23(34)17-9-25(13-32)12-31(25)22(17)20(33)8-15-11-30(24(28)35)19-7-2-1-5-16(15)19/h1-7,11,17,22,32H,8-10,12-13H2,(H2,28,35)(H,29,34)/t17-,22?,25-,31+/m0/s1. The minimum Gasteiger partial charge on any atom is -0.394 e. The van der Waals surface area contributed by atoms with Gasteiger partial charge in [-0.1, -0.05) is 41.9 Å². The number of amides is 2. The number of carbonyl (C=O) groups excluding carboxylic acids is 3. The molecule has 0 bridgehead atoms. The van der Waals surface area contributed by atoms with Crippen LogP contribution in [0.4, 0.5) is 9.18 Å². The van der Waals surface area contributed by atoms with Crippen LogP contribution in [-0.2, 0) is 22.6 Å². The van der Waals surface area contributed by atoms with Gasteiger partial charge in [-0.3, -0.25) is 19.1 Å². The first-order valence-corrected chi connectivity index (χ1v) is 11.6. The number of carbonyl (C=O) groups is 3. The molecule has 1 aromatic heterocycles. The van der Waals surface area contributed by atoms with Crippen molar-refractivity contribution in [3.05, 3.63) is 70.6 Å². The smallest absolute Gasteiger partial charge is 0.323 e. The molecule has 182 valence electrons. The van der Waals surface area contributed by atoms with Crippen molar-refractivity contribution in [2.75, 3.05) is 13.2 Å². The fraction of sp³-hybridized carbons (Fsp3) is 0.320. The maximum absolute atomic E-state index is 14.2. The molecule has 2 saturated heterocycles. The normalized spacial score (nSPS) is 24.8. The van der Waals surface area contributed by atoms with Crippen molar-refractivity contribution in [3.8, 4) is 0 Å². The molecule has 2 aliphatic rings. The number of fused-ring (bicyclic) bond motifs is 2. The summed E-state index contributed by atoms with van der Waals surface area (Å²) in [5.41, 5.74) is 6.37. The summed E-state index contributed by atoms with van der Waals surface area (Å²) in [6, 6.07) is 10.3. The van der Waals surface area contributed by atoms with Crippen LogP contribution in [0.15, 0.2) is 48.7 Å². The van der Waals surface area contributed by atoms with E-state index in [2.05, 4.69) is 5.32 Å². The molecule has 2 fully saturated rings. The number of nitrogens with one attached hydrogen (secondary N) is 1. The molecule has 2 amide bonds. The third kappa shape index (κ3) is 3.99. The van der Waals surface area contributed by atoms with E-state index in [1.807, 2.05) is 17.0 Å². The van der Waals surface area contributed by atoms with E-state index >= 15 is 0 Å². The van der Waals surface area contributed by atoms with Crippen molar-refractivity contribution < 1.29 is 23.9 Å². The number of aromatic nitrogens is 1. The van der Waals surface area contributed by atoms with Crippen LogP contribution in [0.2, 0.25) is 5.02 Å². The van der Waals surface area contributed by atoms with Crippen LogP contribution in [0.3, 0.4) is 0 Å². The summed E-state index contributed by atoms with van der Waals surface area (Å²) in [5.74, 6) is -1.88. The van der Waals surface area contributed by atoms with Crippen LogP contribution in [0.1, 0.15) is 17.5 Å². The van der Waals surface area contributed by atoms with Crippen molar-refractivity contribution in [1.29, 1.82) is 0 Å². The first-order valence-electron chi connectivity index (χ1n) is 11.3. The Morgan fingerprint density at radius 2 is 1.94 bits per heavy atom. The molecule has 1 unspecified atom stereocenters. The van der Waals surface area contributed by atoms with Gasteiger partial charge in [-0.2, -0.15) is 0 Å². The van der Waals surface area contributed by atoms with Crippen LogP contribution in [0.25, 0.3) is 10.9 Å². The highest BCUT2D eigenvalue weighted by Gasteiger charge is 2.66. The summed E-state index contributed by atoms with van der Waals surface area (Å²) in [4.78, 5) is 40.3. The van der Waals surface area contributed by atoms with Crippen LogP contribution in [0.5, 0.6) is 0 Å². The van der Waals surface area contributed by atoms with E-state index in [0.29, 0.717) is 24.0 Å². The molecule has 0 radical (unpaired) electrons. The number of Topliss-reactive ketones (excluding diaryl/α,β-unsaturated/α-hetero) is 1. The first-order chi connectivity index (χ1) is 16.8. The first kappa shape index (κ1) is 23.5. The highest BCUT2D eigenvalue weighted by Crippen LogP contribution is 2.50. The molecule has 4 N–H and O–H groups in total. The molecule has 3 heterocycles. The van der Waals surface area contributed by atoms with E-state index in [1.165, 1.54) is 16.7 Å². The zero-order chi connectivity index (χ0) is 24.9. The fourth-order valence-corrected chi connectivity index (χ4v) is 5.49. The second kappa shape index (κ2) is 8.75. The minimum atomic E-state index is -0.734. The number of aliphatic hydroxyl groups is 1. The lowest BCUT2D eigenvalue weighted by molar-refractivity contribution is -0.131. The topological polar surface area (TPSA) is 117 Å². The van der Waals surface area contributed by atoms with E-state index in [-0.39, 0.29) is 41.8 Å². The summed E-state index contributed by atoms with van der Waals surface area (Å²) in [5, 5.41) is 13.4. The van der Waals surface area contributed by atoms with Gasteiger partial charge >= 0.3 is 6.03 Å². The summed E-state index contributed by atoms with van der Waals surface area (Å²) in [6.07, 6.45) is 1.88. The molecule has 0 spiro atoms. The van der Waals surface area contributed by atoms with Gasteiger partial charge in [-0.25, -0.2) is 9.18 Å². The molecule has 5 rings (SSSR count). The maximum atomic E-state index is 14.2. The van der Waals surface area contributed by atoms with Gasteiger partial charge in [0.05, 0.1) is 34.6 Å². The van der Waals surface area contributed by atoms with E-state index in [4.69, 9.17) is 17.3 Å². The zero-order valence-electron chi connectivity index (χ0n) is 18.7. The largest absolute Gasteiger partial charge is 0.394 e. The van der Waals surface area contributed by atoms with Gasteiger partial charge in [0.25, 0.3) is 0 Å². The lowest BCUT2D eigenvalue weighted by Gasteiger charge is -2.21. The van der Waals surface area contributed by atoms with E-state index in [1.54, 1.807) is 24.4 Å². The van der Waals surface area contributed by atoms with Gasteiger partial charge in [0.2, 0.25) is 5.91 Å². The number of nitrogens with zero attached hydrogens (tertiary/aromatic N) is 2. The van der Waals surface area contributed by atoms with Gasteiger partial charge in [0.15, 0.2) is 5.78 Å². The Morgan fingerprint density at radius 3 is 2.69 bits per heavy atom. The zero-order valence-corrected chi connectivity index (χ0v) is 19.5. The van der Waals surface area contributed by atoms with Crippen LogP contribution in [-0.4, -0.2) is 57.0 Å². The van der Waals surface area contributed by atoms with E-state index in [0.717, 1.165) is 5.39 Å². The number of hydrogen-bond acceptors (Lipinski definition) is 5. The number of para-hydroxylation sites is 1. The molecule has 2 aliphatic heterocycles. The van der Waals surface area contributed by atoms with Gasteiger partial charge < -0.3 is 16.2 Å². The number of nitrogens with two attached hydrogens (primary N) is 1. The Hall–Kier alpha value is -3.27. The summed E-state index contributed by atoms with van der Waals surface area (Å²) in [7, 11) is 0. The number of primary amides is 1. The second-order valence-corrected chi connectivity index (χ2v) is 9.63. The number of benzene rings is 2. The quantitative estimate of drug-likeness (QED) is 0.432. The molecule has 35 heavy (non-hydrogen) atoms. The highest BCUT2D eigenvalue weighted by molar-refractivity contribution is 6.30. The predicted octanol–water partition coefficient (Wildman–Crippen LogP) is 2.22. The number of halogens is 2. The van der Waals surface area contributed by atoms with Crippen LogP contribution < -0.4 is 11.1 Å². The van der Waals surface area contributed by atoms with Gasteiger partial charge in [0.1, 0.15) is 5.82 Å². The Bertz CT molecular complexity index is 1360. The van der Waals surface area contributed by atoms with Crippen LogP contribution in [0, 0.1) is 11.7 Å². The lowest BCUT2D eigenvalue weighted by atomic mass is 9.88.